The highest BCUT2D eigenvalue weighted by Gasteiger charge is 2.35. The standard InChI is InChI=1S/C27H28F2N2O4S/c1-15-13-18(36(3,33)34)8-9-19(15)17-7-10-21-23(14-17)31-22(11-12-25(31)30-21)26-20(16(2)32)5-4-6-24(26)35-27(28)29/h6-10,14-15,22,27H,4-5,11-13H2,1-3H3. The Labute approximate surface area is 209 Å². The van der Waals surface area contributed by atoms with Crippen molar-refractivity contribution in [3.05, 3.63) is 69.6 Å². The normalized spacial score (nSPS) is 22.4. The predicted octanol–water partition coefficient (Wildman–Crippen LogP) is 5.68. The summed E-state index contributed by atoms with van der Waals surface area (Å²) in [5.41, 5.74) is 4.69. The Bertz CT molecular complexity index is 1490. The van der Waals surface area contributed by atoms with Gasteiger partial charge >= 0.3 is 6.61 Å². The average molecular weight is 515 g/mol. The smallest absolute Gasteiger partial charge is 0.387 e. The molecule has 5 rings (SSSR count). The van der Waals surface area contributed by atoms with Crippen molar-refractivity contribution in [2.75, 3.05) is 6.26 Å². The molecule has 2 heterocycles. The van der Waals surface area contributed by atoms with E-state index in [4.69, 9.17) is 9.72 Å². The third-order valence-electron chi connectivity index (χ3n) is 7.30. The number of halogens is 2. The van der Waals surface area contributed by atoms with Gasteiger partial charge in [0, 0.05) is 28.7 Å². The summed E-state index contributed by atoms with van der Waals surface area (Å²) in [6, 6.07) is 5.61. The highest BCUT2D eigenvalue weighted by atomic mass is 32.2. The van der Waals surface area contributed by atoms with E-state index in [9.17, 15) is 22.0 Å². The van der Waals surface area contributed by atoms with Gasteiger partial charge in [-0.05, 0) is 73.9 Å². The van der Waals surface area contributed by atoms with Crippen LogP contribution in [0.25, 0.3) is 16.6 Å². The first kappa shape index (κ1) is 24.6. The Hall–Kier alpha value is -3.07. The lowest BCUT2D eigenvalue weighted by atomic mass is 9.87. The monoisotopic (exact) mass is 514 g/mol. The van der Waals surface area contributed by atoms with Crippen LogP contribution in [0.2, 0.25) is 0 Å². The number of hydrogen-bond acceptors (Lipinski definition) is 5. The number of Topliss-reactive ketones (excluding diaryl/α,β-unsaturated/α-hetero) is 1. The number of benzene rings is 1. The zero-order valence-corrected chi connectivity index (χ0v) is 21.2. The molecule has 9 heteroatoms. The first-order chi connectivity index (χ1) is 17.0. The molecule has 2 atom stereocenters. The molecule has 2 aromatic rings. The Morgan fingerprint density at radius 2 is 2.00 bits per heavy atom. The number of alkyl halides is 2. The zero-order chi connectivity index (χ0) is 25.8. The van der Waals surface area contributed by atoms with Crippen LogP contribution in [0.1, 0.15) is 57.0 Å². The minimum absolute atomic E-state index is 0.00767. The maximum Gasteiger partial charge on any atom is 0.387 e. The van der Waals surface area contributed by atoms with Gasteiger partial charge in [0.2, 0.25) is 0 Å². The van der Waals surface area contributed by atoms with E-state index < -0.39 is 16.4 Å². The number of carbonyl (C=O) groups excluding carboxylic acids is 1. The van der Waals surface area contributed by atoms with Gasteiger partial charge in [-0.1, -0.05) is 19.1 Å². The minimum Gasteiger partial charge on any atom is -0.435 e. The molecule has 1 aliphatic heterocycles. The number of ketones is 1. The van der Waals surface area contributed by atoms with Crippen LogP contribution in [0, 0.1) is 5.92 Å². The lowest BCUT2D eigenvalue weighted by Crippen LogP contribution is -2.19. The lowest BCUT2D eigenvalue weighted by molar-refractivity contribution is -0.114. The largest absolute Gasteiger partial charge is 0.435 e. The van der Waals surface area contributed by atoms with E-state index in [1.165, 1.54) is 13.2 Å². The summed E-state index contributed by atoms with van der Waals surface area (Å²) in [4.78, 5) is 17.7. The van der Waals surface area contributed by atoms with E-state index >= 15 is 0 Å². The molecule has 6 nitrogen and oxygen atoms in total. The first-order valence-electron chi connectivity index (χ1n) is 12.1. The zero-order valence-electron chi connectivity index (χ0n) is 20.4. The number of carbonyl (C=O) groups is 1. The molecule has 0 saturated heterocycles. The molecule has 0 radical (unpaired) electrons. The number of nitrogens with zero attached hydrogens (tertiary/aromatic N) is 2. The number of aromatic nitrogens is 2. The van der Waals surface area contributed by atoms with Gasteiger partial charge in [0.25, 0.3) is 0 Å². The van der Waals surface area contributed by atoms with E-state index in [0.29, 0.717) is 48.2 Å². The minimum atomic E-state index is -3.24. The Morgan fingerprint density at radius 1 is 1.22 bits per heavy atom. The number of aryl methyl sites for hydroxylation is 1. The van der Waals surface area contributed by atoms with Crippen LogP contribution in [0.5, 0.6) is 0 Å². The van der Waals surface area contributed by atoms with Gasteiger partial charge in [-0.25, -0.2) is 13.4 Å². The molecule has 0 N–H and O–H groups in total. The van der Waals surface area contributed by atoms with E-state index in [1.54, 1.807) is 12.2 Å². The molecule has 0 amide bonds. The van der Waals surface area contributed by atoms with E-state index in [-0.39, 0.29) is 23.5 Å². The summed E-state index contributed by atoms with van der Waals surface area (Å²) in [5, 5.41) is 0. The van der Waals surface area contributed by atoms with E-state index in [0.717, 1.165) is 28.0 Å². The van der Waals surface area contributed by atoms with Crippen molar-refractivity contribution < 1.29 is 26.7 Å². The van der Waals surface area contributed by atoms with Crippen LogP contribution in [0.4, 0.5) is 8.78 Å². The summed E-state index contributed by atoms with van der Waals surface area (Å²) in [6.45, 7) is 0.493. The van der Waals surface area contributed by atoms with Crippen molar-refractivity contribution in [2.45, 2.75) is 58.6 Å². The molecule has 36 heavy (non-hydrogen) atoms. The molecular weight excluding hydrogens is 486 g/mol. The molecule has 0 saturated carbocycles. The maximum atomic E-state index is 13.3. The summed E-state index contributed by atoms with van der Waals surface area (Å²) in [5.74, 6) is 0.795. The highest BCUT2D eigenvalue weighted by molar-refractivity contribution is 7.94. The van der Waals surface area contributed by atoms with Crippen molar-refractivity contribution >= 4 is 32.2 Å². The fourth-order valence-electron chi connectivity index (χ4n) is 5.68. The average Bonchev–Trinajstić information content (AvgIpc) is 3.37. The number of sulfone groups is 1. The number of allylic oxidation sites excluding steroid dienone is 7. The van der Waals surface area contributed by atoms with E-state index in [2.05, 4.69) is 4.57 Å². The summed E-state index contributed by atoms with van der Waals surface area (Å²) >= 11 is 0. The summed E-state index contributed by atoms with van der Waals surface area (Å²) in [7, 11) is -3.24. The van der Waals surface area contributed by atoms with Crippen molar-refractivity contribution in [3.8, 4) is 0 Å². The van der Waals surface area contributed by atoms with Crippen LogP contribution < -0.4 is 0 Å². The van der Waals surface area contributed by atoms with Crippen LogP contribution in [0.3, 0.4) is 0 Å². The van der Waals surface area contributed by atoms with Gasteiger partial charge in [-0.3, -0.25) is 4.79 Å². The SMILES string of the molecule is CC(=O)C1=C(C2CCc3nc4ccc(C5=CC=C(S(C)(=O)=O)CC5C)cc4n32)C(OC(F)F)=CCC1. The molecule has 0 fully saturated rings. The highest BCUT2D eigenvalue weighted by Crippen LogP contribution is 2.44. The third-order valence-corrected chi connectivity index (χ3v) is 8.56. The van der Waals surface area contributed by atoms with Gasteiger partial charge in [-0.2, -0.15) is 8.78 Å². The van der Waals surface area contributed by atoms with Crippen molar-refractivity contribution in [2.24, 2.45) is 5.92 Å². The van der Waals surface area contributed by atoms with Gasteiger partial charge in [-0.15, -0.1) is 0 Å². The summed E-state index contributed by atoms with van der Waals surface area (Å²) < 4.78 is 57.4. The molecule has 2 unspecified atom stereocenters. The number of hydrogen-bond donors (Lipinski definition) is 0. The van der Waals surface area contributed by atoms with Gasteiger partial charge in [0.05, 0.1) is 17.1 Å². The molecule has 3 aliphatic rings. The van der Waals surface area contributed by atoms with Crippen molar-refractivity contribution in [1.29, 1.82) is 0 Å². The third kappa shape index (κ3) is 4.34. The summed E-state index contributed by atoms with van der Waals surface area (Å²) in [6.07, 6.45) is 9.10. The molecule has 2 aliphatic carbocycles. The second-order valence-electron chi connectivity index (χ2n) is 9.72. The number of imidazole rings is 1. The molecule has 190 valence electrons. The number of fused-ring (bicyclic) bond motifs is 3. The van der Waals surface area contributed by atoms with E-state index in [1.807, 2.05) is 31.2 Å². The predicted molar refractivity (Wildman–Crippen MR) is 134 cm³/mol. The van der Waals surface area contributed by atoms with Crippen LogP contribution in [0.15, 0.2) is 58.2 Å². The second-order valence-corrected chi connectivity index (χ2v) is 11.8. The molecule has 1 aromatic heterocycles. The van der Waals surface area contributed by atoms with Gasteiger partial charge in [0.15, 0.2) is 15.6 Å². The second kappa shape index (κ2) is 9.10. The molecular formula is C27H28F2N2O4S. The van der Waals surface area contributed by atoms with Gasteiger partial charge in [0.1, 0.15) is 11.6 Å². The number of rotatable bonds is 6. The Morgan fingerprint density at radius 3 is 2.67 bits per heavy atom. The van der Waals surface area contributed by atoms with Gasteiger partial charge < -0.3 is 9.30 Å². The quantitative estimate of drug-likeness (QED) is 0.496. The number of ether oxygens (including phenoxy) is 1. The van der Waals surface area contributed by atoms with Crippen LogP contribution >= 0.6 is 0 Å². The molecule has 0 bridgehead atoms. The maximum absolute atomic E-state index is 13.3. The molecule has 1 aromatic carbocycles. The topological polar surface area (TPSA) is 78.3 Å². The lowest BCUT2D eigenvalue weighted by Gasteiger charge is -2.27. The van der Waals surface area contributed by atoms with Crippen molar-refractivity contribution in [1.82, 2.24) is 9.55 Å². The van der Waals surface area contributed by atoms with Crippen LogP contribution in [-0.2, 0) is 25.8 Å². The van der Waals surface area contributed by atoms with Crippen LogP contribution in [-0.4, -0.2) is 36.6 Å². The fraction of sp³-hybridized carbons (Fsp3) is 0.407. The van der Waals surface area contributed by atoms with Crippen molar-refractivity contribution in [3.63, 3.8) is 0 Å². The fourth-order valence-corrected chi connectivity index (χ4v) is 6.54. The first-order valence-corrected chi connectivity index (χ1v) is 13.9. The molecule has 0 spiro atoms. The Kier molecular flexibility index (Phi) is 6.22. The Balaban J connectivity index is 1.62.